The summed E-state index contributed by atoms with van der Waals surface area (Å²) in [5.41, 5.74) is 5.78. The van der Waals surface area contributed by atoms with Crippen LogP contribution in [0.5, 0.6) is 0 Å². The number of hydrogen-bond donors (Lipinski definition) is 1. The van der Waals surface area contributed by atoms with Crippen LogP contribution in [0.4, 0.5) is 0 Å². The molecule has 1 N–H and O–H groups in total. The molecule has 2 aromatic rings. The van der Waals surface area contributed by atoms with Crippen LogP contribution in [-0.2, 0) is 10.5 Å². The number of carbonyl (C=O) groups is 1. The summed E-state index contributed by atoms with van der Waals surface area (Å²) < 4.78 is 0. The monoisotopic (exact) mass is 296 g/mol. The molecule has 3 rings (SSSR count). The number of rotatable bonds is 2. The molecule has 0 bridgehead atoms. The highest BCUT2D eigenvalue weighted by Gasteiger charge is 2.18. The SMILES string of the molecule is Cc1ccc2c(c1)/C(=C/CC(=O)O)c1ccccc1CS2. The molecule has 3 heteroatoms. The molecule has 1 heterocycles. The second-order valence-corrected chi connectivity index (χ2v) is 6.18. The molecule has 0 amide bonds. The first kappa shape index (κ1) is 14.0. The predicted octanol–water partition coefficient (Wildman–Crippen LogP) is 4.51. The summed E-state index contributed by atoms with van der Waals surface area (Å²) in [7, 11) is 0. The third-order valence-corrected chi connectivity index (χ3v) is 4.72. The van der Waals surface area contributed by atoms with Crippen LogP contribution >= 0.6 is 11.8 Å². The van der Waals surface area contributed by atoms with Gasteiger partial charge in [-0.2, -0.15) is 0 Å². The molecule has 0 aromatic heterocycles. The molecule has 1 aliphatic rings. The van der Waals surface area contributed by atoms with Gasteiger partial charge in [0.05, 0.1) is 6.42 Å². The Balaban J connectivity index is 2.21. The van der Waals surface area contributed by atoms with E-state index in [1.54, 1.807) is 0 Å². The lowest BCUT2D eigenvalue weighted by molar-refractivity contribution is -0.135. The minimum absolute atomic E-state index is 0.0434. The molecule has 2 nitrogen and oxygen atoms in total. The van der Waals surface area contributed by atoms with Gasteiger partial charge in [-0.1, -0.05) is 48.0 Å². The van der Waals surface area contributed by atoms with Crippen LogP contribution in [0.3, 0.4) is 0 Å². The summed E-state index contributed by atoms with van der Waals surface area (Å²) in [6.07, 6.45) is 1.88. The maximum Gasteiger partial charge on any atom is 0.307 e. The third-order valence-electron chi connectivity index (χ3n) is 3.60. The largest absolute Gasteiger partial charge is 0.481 e. The molecule has 106 valence electrons. The zero-order chi connectivity index (χ0) is 14.8. The molecule has 0 atom stereocenters. The molecule has 0 unspecified atom stereocenters. The van der Waals surface area contributed by atoms with Crippen molar-refractivity contribution in [3.63, 3.8) is 0 Å². The molecule has 0 radical (unpaired) electrons. The molecule has 0 saturated carbocycles. The molecule has 0 spiro atoms. The maximum absolute atomic E-state index is 11.0. The van der Waals surface area contributed by atoms with Crippen molar-refractivity contribution in [1.29, 1.82) is 0 Å². The van der Waals surface area contributed by atoms with E-state index in [9.17, 15) is 4.79 Å². The second kappa shape index (κ2) is 5.78. The smallest absolute Gasteiger partial charge is 0.307 e. The normalized spacial score (nSPS) is 15.2. The lowest BCUT2D eigenvalue weighted by atomic mass is 9.93. The van der Waals surface area contributed by atoms with E-state index in [0.29, 0.717) is 0 Å². The number of hydrogen-bond acceptors (Lipinski definition) is 2. The Morgan fingerprint density at radius 2 is 2.05 bits per heavy atom. The van der Waals surface area contributed by atoms with Crippen molar-refractivity contribution >= 4 is 23.3 Å². The van der Waals surface area contributed by atoms with E-state index < -0.39 is 5.97 Å². The van der Waals surface area contributed by atoms with Crippen LogP contribution in [0.1, 0.15) is 28.7 Å². The molecular formula is C18H16O2S. The highest BCUT2D eigenvalue weighted by atomic mass is 32.2. The minimum atomic E-state index is -0.800. The van der Waals surface area contributed by atoms with Gasteiger partial charge >= 0.3 is 5.97 Å². The van der Waals surface area contributed by atoms with Crippen molar-refractivity contribution in [3.05, 3.63) is 70.8 Å². The average Bonchev–Trinajstić information content (AvgIpc) is 2.62. The fraction of sp³-hybridized carbons (Fsp3) is 0.167. The molecule has 2 aromatic carbocycles. The van der Waals surface area contributed by atoms with Crippen molar-refractivity contribution in [2.24, 2.45) is 0 Å². The first-order valence-corrected chi connectivity index (χ1v) is 7.88. The third kappa shape index (κ3) is 2.88. The summed E-state index contributed by atoms with van der Waals surface area (Å²) in [6.45, 7) is 2.07. The summed E-state index contributed by atoms with van der Waals surface area (Å²) in [5.74, 6) is 0.113. The number of thioether (sulfide) groups is 1. The van der Waals surface area contributed by atoms with E-state index in [4.69, 9.17) is 5.11 Å². The van der Waals surface area contributed by atoms with Gasteiger partial charge in [0.1, 0.15) is 0 Å². The summed E-state index contributed by atoms with van der Waals surface area (Å²) in [5, 5.41) is 9.02. The molecular weight excluding hydrogens is 280 g/mol. The fourth-order valence-electron chi connectivity index (χ4n) is 2.60. The highest BCUT2D eigenvalue weighted by Crippen LogP contribution is 2.40. The van der Waals surface area contributed by atoms with Gasteiger partial charge in [0.15, 0.2) is 0 Å². The summed E-state index contributed by atoms with van der Waals surface area (Å²) >= 11 is 1.81. The van der Waals surface area contributed by atoms with Crippen molar-refractivity contribution in [2.45, 2.75) is 24.0 Å². The van der Waals surface area contributed by atoms with Crippen LogP contribution in [0.25, 0.3) is 5.57 Å². The van der Waals surface area contributed by atoms with E-state index in [1.165, 1.54) is 16.0 Å². The van der Waals surface area contributed by atoms with Crippen LogP contribution < -0.4 is 0 Å². The Morgan fingerprint density at radius 1 is 1.24 bits per heavy atom. The molecule has 0 fully saturated rings. The van der Waals surface area contributed by atoms with E-state index in [1.807, 2.05) is 30.0 Å². The molecule has 1 aliphatic heterocycles. The van der Waals surface area contributed by atoms with Crippen molar-refractivity contribution in [3.8, 4) is 0 Å². The van der Waals surface area contributed by atoms with Crippen LogP contribution in [0, 0.1) is 6.92 Å². The fourth-order valence-corrected chi connectivity index (χ4v) is 3.65. The number of aliphatic carboxylic acids is 1. The maximum atomic E-state index is 11.0. The van der Waals surface area contributed by atoms with Crippen LogP contribution in [0.2, 0.25) is 0 Å². The first-order valence-electron chi connectivity index (χ1n) is 6.89. The van der Waals surface area contributed by atoms with Crippen molar-refractivity contribution in [2.75, 3.05) is 0 Å². The van der Waals surface area contributed by atoms with Crippen LogP contribution in [0.15, 0.2) is 53.4 Å². The van der Waals surface area contributed by atoms with Gasteiger partial charge < -0.3 is 5.11 Å². The van der Waals surface area contributed by atoms with Gasteiger partial charge in [-0.3, -0.25) is 4.79 Å². The number of carboxylic acid groups (broad SMARTS) is 1. The lowest BCUT2D eigenvalue weighted by Gasteiger charge is -2.12. The van der Waals surface area contributed by atoms with Gasteiger partial charge in [-0.15, -0.1) is 11.8 Å². The first-order chi connectivity index (χ1) is 10.1. The Hall–Kier alpha value is -2.00. The molecule has 0 aliphatic carbocycles. The topological polar surface area (TPSA) is 37.3 Å². The van der Waals surface area contributed by atoms with Gasteiger partial charge in [-0.25, -0.2) is 0 Å². The van der Waals surface area contributed by atoms with E-state index in [-0.39, 0.29) is 6.42 Å². The number of carboxylic acids is 1. The van der Waals surface area contributed by atoms with E-state index >= 15 is 0 Å². The molecule has 0 saturated heterocycles. The minimum Gasteiger partial charge on any atom is -0.481 e. The number of fused-ring (bicyclic) bond motifs is 2. The van der Waals surface area contributed by atoms with E-state index in [2.05, 4.69) is 37.3 Å². The Bertz CT molecular complexity index is 732. The summed E-state index contributed by atoms with van der Waals surface area (Å²) in [6, 6.07) is 14.6. The Morgan fingerprint density at radius 3 is 2.86 bits per heavy atom. The summed E-state index contributed by atoms with van der Waals surface area (Å²) in [4.78, 5) is 12.2. The van der Waals surface area contributed by atoms with Gasteiger partial charge in [0.25, 0.3) is 0 Å². The molecule has 21 heavy (non-hydrogen) atoms. The predicted molar refractivity (Wildman–Crippen MR) is 86.5 cm³/mol. The van der Waals surface area contributed by atoms with Crippen molar-refractivity contribution in [1.82, 2.24) is 0 Å². The quantitative estimate of drug-likeness (QED) is 0.886. The Kier molecular flexibility index (Phi) is 3.84. The van der Waals surface area contributed by atoms with Gasteiger partial charge in [0.2, 0.25) is 0 Å². The van der Waals surface area contributed by atoms with Crippen molar-refractivity contribution < 1.29 is 9.90 Å². The average molecular weight is 296 g/mol. The standard InChI is InChI=1S/C18H16O2S/c1-12-6-8-17-16(10-12)15(7-9-18(19)20)14-5-3-2-4-13(14)11-21-17/h2-8,10H,9,11H2,1H3,(H,19,20)/b15-7+. The zero-order valence-corrected chi connectivity index (χ0v) is 12.6. The van der Waals surface area contributed by atoms with Gasteiger partial charge in [0, 0.05) is 10.6 Å². The van der Waals surface area contributed by atoms with Crippen LogP contribution in [-0.4, -0.2) is 11.1 Å². The van der Waals surface area contributed by atoms with E-state index in [0.717, 1.165) is 22.5 Å². The van der Waals surface area contributed by atoms with Gasteiger partial charge in [-0.05, 0) is 35.3 Å². The number of aryl methyl sites for hydroxylation is 1. The number of benzene rings is 2. The lowest BCUT2D eigenvalue weighted by Crippen LogP contribution is -1.96. The highest BCUT2D eigenvalue weighted by molar-refractivity contribution is 7.98. The Labute approximate surface area is 128 Å². The second-order valence-electron chi connectivity index (χ2n) is 5.16. The zero-order valence-electron chi connectivity index (χ0n) is 11.8.